The maximum atomic E-state index is 11.7. The summed E-state index contributed by atoms with van der Waals surface area (Å²) in [6.07, 6.45) is 1.04. The van der Waals surface area contributed by atoms with Gasteiger partial charge in [-0.3, -0.25) is 4.79 Å². The number of amides is 1. The van der Waals surface area contributed by atoms with Crippen LogP contribution in [-0.2, 0) is 22.7 Å². The first kappa shape index (κ1) is 13.1. The Morgan fingerprint density at radius 3 is 2.50 bits per heavy atom. The predicted molar refractivity (Wildman–Crippen MR) is 70.9 cm³/mol. The summed E-state index contributed by atoms with van der Waals surface area (Å²) in [5.74, 6) is 1.02. The quantitative estimate of drug-likeness (QED) is 0.838. The van der Waals surface area contributed by atoms with E-state index in [9.17, 15) is 4.79 Å². The fourth-order valence-corrected chi connectivity index (χ4v) is 1.98. The van der Waals surface area contributed by atoms with E-state index in [1.807, 2.05) is 19.1 Å². The van der Waals surface area contributed by atoms with E-state index < -0.39 is 0 Å². The van der Waals surface area contributed by atoms with Gasteiger partial charge in [0.05, 0.1) is 6.61 Å². The van der Waals surface area contributed by atoms with E-state index >= 15 is 0 Å². The van der Waals surface area contributed by atoms with Crippen LogP contribution in [0.4, 0.5) is 0 Å². The van der Waals surface area contributed by atoms with Crippen LogP contribution in [0.1, 0.15) is 31.4 Å². The van der Waals surface area contributed by atoms with Gasteiger partial charge in [-0.15, -0.1) is 0 Å². The molecule has 2 unspecified atom stereocenters. The maximum absolute atomic E-state index is 11.7. The van der Waals surface area contributed by atoms with Gasteiger partial charge in [0.2, 0.25) is 5.91 Å². The molecule has 1 N–H and O–H groups in total. The van der Waals surface area contributed by atoms with Crippen molar-refractivity contribution < 1.29 is 9.53 Å². The smallest absolute Gasteiger partial charge is 0.223 e. The van der Waals surface area contributed by atoms with Crippen LogP contribution in [0.3, 0.4) is 0 Å². The number of nitrogens with one attached hydrogen (secondary N) is 1. The molecule has 0 aromatic heterocycles. The van der Waals surface area contributed by atoms with Crippen LogP contribution in [0.15, 0.2) is 24.3 Å². The van der Waals surface area contributed by atoms with Gasteiger partial charge in [0.15, 0.2) is 0 Å². The number of carbonyl (C=O) groups excluding carboxylic acids is 1. The van der Waals surface area contributed by atoms with Gasteiger partial charge in [0.1, 0.15) is 0 Å². The van der Waals surface area contributed by atoms with Crippen LogP contribution in [0.2, 0.25) is 0 Å². The molecule has 3 heteroatoms. The molecule has 1 aromatic carbocycles. The minimum Gasteiger partial charge on any atom is -0.377 e. The molecule has 1 amide bonds. The second-order valence-electron chi connectivity index (χ2n) is 4.99. The Hall–Kier alpha value is -1.35. The number of carbonyl (C=O) groups is 1. The zero-order valence-corrected chi connectivity index (χ0v) is 11.1. The largest absolute Gasteiger partial charge is 0.377 e. The highest BCUT2D eigenvalue weighted by molar-refractivity contribution is 5.81. The van der Waals surface area contributed by atoms with Gasteiger partial charge in [-0.1, -0.05) is 31.2 Å². The Morgan fingerprint density at radius 1 is 1.33 bits per heavy atom. The zero-order valence-electron chi connectivity index (χ0n) is 11.1. The van der Waals surface area contributed by atoms with Gasteiger partial charge in [-0.2, -0.15) is 0 Å². The monoisotopic (exact) mass is 247 g/mol. The minimum atomic E-state index is 0.195. The van der Waals surface area contributed by atoms with E-state index in [1.165, 1.54) is 5.56 Å². The van der Waals surface area contributed by atoms with Crippen molar-refractivity contribution >= 4 is 5.91 Å². The van der Waals surface area contributed by atoms with Crippen molar-refractivity contribution in [3.05, 3.63) is 35.4 Å². The summed E-state index contributed by atoms with van der Waals surface area (Å²) < 4.78 is 5.34. The molecule has 0 radical (unpaired) electrons. The fraction of sp³-hybridized carbons (Fsp3) is 0.533. The molecule has 1 saturated carbocycles. The lowest BCUT2D eigenvalue weighted by atomic mass is 10.1. The van der Waals surface area contributed by atoms with Crippen LogP contribution in [-0.4, -0.2) is 12.5 Å². The summed E-state index contributed by atoms with van der Waals surface area (Å²) in [6.45, 7) is 6.12. The van der Waals surface area contributed by atoms with E-state index in [1.54, 1.807) is 0 Å². The zero-order chi connectivity index (χ0) is 13.0. The predicted octanol–water partition coefficient (Wildman–Crippen LogP) is 2.50. The van der Waals surface area contributed by atoms with Crippen LogP contribution >= 0.6 is 0 Å². The van der Waals surface area contributed by atoms with Crippen molar-refractivity contribution in [1.82, 2.24) is 5.32 Å². The summed E-state index contributed by atoms with van der Waals surface area (Å²) in [5.41, 5.74) is 2.31. The standard InChI is InChI=1S/C15H21NO2/c1-3-18-10-13-6-4-12(5-7-13)9-16-15(17)14-8-11(14)2/h4-7,11,14H,3,8-10H2,1-2H3,(H,16,17). The van der Waals surface area contributed by atoms with Gasteiger partial charge in [0.25, 0.3) is 0 Å². The van der Waals surface area contributed by atoms with Crippen molar-refractivity contribution in [1.29, 1.82) is 0 Å². The van der Waals surface area contributed by atoms with Crippen LogP contribution in [0.5, 0.6) is 0 Å². The Morgan fingerprint density at radius 2 is 1.94 bits per heavy atom. The van der Waals surface area contributed by atoms with E-state index in [-0.39, 0.29) is 11.8 Å². The highest BCUT2D eigenvalue weighted by Crippen LogP contribution is 2.37. The molecule has 0 spiro atoms. The highest BCUT2D eigenvalue weighted by atomic mass is 16.5. The second-order valence-corrected chi connectivity index (χ2v) is 4.99. The molecule has 1 aliphatic carbocycles. The molecular formula is C15H21NO2. The van der Waals surface area contributed by atoms with E-state index in [0.29, 0.717) is 19.1 Å². The average Bonchev–Trinajstić information content (AvgIpc) is 3.12. The molecule has 2 rings (SSSR count). The summed E-state index contributed by atoms with van der Waals surface area (Å²) in [4.78, 5) is 11.7. The Kier molecular flexibility index (Phi) is 4.37. The molecule has 1 fully saturated rings. The Balaban J connectivity index is 1.77. The van der Waals surface area contributed by atoms with E-state index in [4.69, 9.17) is 4.74 Å². The highest BCUT2D eigenvalue weighted by Gasteiger charge is 2.38. The summed E-state index contributed by atoms with van der Waals surface area (Å²) >= 11 is 0. The first-order valence-corrected chi connectivity index (χ1v) is 6.64. The molecule has 0 saturated heterocycles. The molecule has 3 nitrogen and oxygen atoms in total. The minimum absolute atomic E-state index is 0.195. The van der Waals surface area contributed by atoms with Gasteiger partial charge in [-0.25, -0.2) is 0 Å². The lowest BCUT2D eigenvalue weighted by Gasteiger charge is -2.06. The summed E-state index contributed by atoms with van der Waals surface area (Å²) in [5, 5.41) is 2.98. The number of hydrogen-bond donors (Lipinski definition) is 1. The summed E-state index contributed by atoms with van der Waals surface area (Å²) in [7, 11) is 0. The molecule has 0 heterocycles. The van der Waals surface area contributed by atoms with Crippen molar-refractivity contribution in [2.75, 3.05) is 6.61 Å². The molecule has 98 valence electrons. The number of rotatable bonds is 6. The van der Waals surface area contributed by atoms with Crippen molar-refractivity contribution in [2.45, 2.75) is 33.4 Å². The maximum Gasteiger partial charge on any atom is 0.223 e. The Bertz CT molecular complexity index is 399. The second kappa shape index (κ2) is 6.01. The molecule has 0 bridgehead atoms. The topological polar surface area (TPSA) is 38.3 Å². The molecular weight excluding hydrogens is 226 g/mol. The third-order valence-electron chi connectivity index (χ3n) is 3.41. The first-order chi connectivity index (χ1) is 8.70. The van der Waals surface area contributed by atoms with Crippen molar-refractivity contribution in [2.24, 2.45) is 11.8 Å². The molecule has 1 aliphatic rings. The number of ether oxygens (including phenoxy) is 1. The third kappa shape index (κ3) is 3.57. The van der Waals surface area contributed by atoms with Gasteiger partial charge in [-0.05, 0) is 30.4 Å². The van der Waals surface area contributed by atoms with Crippen LogP contribution in [0, 0.1) is 11.8 Å². The van der Waals surface area contributed by atoms with Gasteiger partial charge >= 0.3 is 0 Å². The number of hydrogen-bond acceptors (Lipinski definition) is 2. The lowest BCUT2D eigenvalue weighted by molar-refractivity contribution is -0.122. The lowest BCUT2D eigenvalue weighted by Crippen LogP contribution is -2.24. The van der Waals surface area contributed by atoms with Crippen molar-refractivity contribution in [3.8, 4) is 0 Å². The molecule has 1 aromatic rings. The summed E-state index contributed by atoms with van der Waals surface area (Å²) in [6, 6.07) is 8.20. The SMILES string of the molecule is CCOCc1ccc(CNC(=O)C2CC2C)cc1. The van der Waals surface area contributed by atoms with Crippen LogP contribution in [0.25, 0.3) is 0 Å². The van der Waals surface area contributed by atoms with E-state index in [2.05, 4.69) is 24.4 Å². The third-order valence-corrected chi connectivity index (χ3v) is 3.41. The van der Waals surface area contributed by atoms with Gasteiger partial charge in [0, 0.05) is 19.1 Å². The molecule has 18 heavy (non-hydrogen) atoms. The molecule has 2 atom stereocenters. The normalized spacial score (nSPS) is 21.7. The molecule has 0 aliphatic heterocycles. The number of benzene rings is 1. The first-order valence-electron chi connectivity index (χ1n) is 6.64. The van der Waals surface area contributed by atoms with Gasteiger partial charge < -0.3 is 10.1 Å². The average molecular weight is 247 g/mol. The Labute approximate surface area is 109 Å². The van der Waals surface area contributed by atoms with Crippen LogP contribution < -0.4 is 5.32 Å². The van der Waals surface area contributed by atoms with Crippen molar-refractivity contribution in [3.63, 3.8) is 0 Å². The fourth-order valence-electron chi connectivity index (χ4n) is 1.98. The van der Waals surface area contributed by atoms with E-state index in [0.717, 1.165) is 18.6 Å².